The van der Waals surface area contributed by atoms with E-state index in [1.54, 1.807) is 20.9 Å². The average Bonchev–Trinajstić information content (AvgIpc) is 3.36. The predicted octanol–water partition coefficient (Wildman–Crippen LogP) is 4.51. The van der Waals surface area contributed by atoms with E-state index in [1.165, 1.54) is 0 Å². The van der Waals surface area contributed by atoms with Gasteiger partial charge in [-0.1, -0.05) is 31.2 Å². The lowest BCUT2D eigenvalue weighted by molar-refractivity contribution is -0.128. The van der Waals surface area contributed by atoms with Crippen molar-refractivity contribution < 1.29 is 9.59 Å². The van der Waals surface area contributed by atoms with Crippen LogP contribution in [0.5, 0.6) is 0 Å². The zero-order chi connectivity index (χ0) is 22.4. The Labute approximate surface area is 186 Å². The van der Waals surface area contributed by atoms with Crippen LogP contribution in [0.1, 0.15) is 50.7 Å². The summed E-state index contributed by atoms with van der Waals surface area (Å²) in [4.78, 5) is 30.1. The molecule has 3 heterocycles. The molecule has 0 aliphatic carbocycles. The third-order valence-corrected chi connectivity index (χ3v) is 6.41. The number of para-hydroxylation sites is 1. The molecule has 2 aromatic heterocycles. The number of rotatable bonds is 4. The van der Waals surface area contributed by atoms with E-state index in [9.17, 15) is 9.59 Å². The molecule has 3 aromatic rings. The SMILES string of the molecule is CCc1ccccc1N1C(=O)c2cc(-c3cccs3)nn2C[C@]1(C)C(=O)NC(C)(C)C. The van der Waals surface area contributed by atoms with Gasteiger partial charge >= 0.3 is 0 Å². The number of amides is 2. The molecular weight excluding hydrogens is 408 g/mol. The van der Waals surface area contributed by atoms with Crippen molar-refractivity contribution in [3.63, 3.8) is 0 Å². The van der Waals surface area contributed by atoms with E-state index < -0.39 is 11.1 Å². The quantitative estimate of drug-likeness (QED) is 0.654. The van der Waals surface area contributed by atoms with E-state index in [4.69, 9.17) is 0 Å². The molecule has 1 aliphatic rings. The Morgan fingerprint density at radius 2 is 1.97 bits per heavy atom. The number of anilines is 1. The van der Waals surface area contributed by atoms with Gasteiger partial charge in [0.1, 0.15) is 16.9 Å². The molecule has 0 radical (unpaired) electrons. The maximum Gasteiger partial charge on any atom is 0.277 e. The number of nitrogens with one attached hydrogen (secondary N) is 1. The highest BCUT2D eigenvalue weighted by atomic mass is 32.1. The fourth-order valence-corrected chi connectivity index (χ4v) is 4.69. The number of carbonyl (C=O) groups excluding carboxylic acids is 2. The monoisotopic (exact) mass is 436 g/mol. The highest BCUT2D eigenvalue weighted by molar-refractivity contribution is 7.13. The van der Waals surface area contributed by atoms with Crippen molar-refractivity contribution in [3.05, 3.63) is 59.1 Å². The number of aryl methyl sites for hydroxylation is 1. The number of hydrogen-bond acceptors (Lipinski definition) is 4. The van der Waals surface area contributed by atoms with E-state index in [-0.39, 0.29) is 18.4 Å². The second kappa shape index (κ2) is 7.64. The first-order valence-electron chi connectivity index (χ1n) is 10.5. The third-order valence-electron chi connectivity index (χ3n) is 5.52. The molecule has 0 saturated heterocycles. The molecule has 31 heavy (non-hydrogen) atoms. The van der Waals surface area contributed by atoms with Gasteiger partial charge in [-0.25, -0.2) is 0 Å². The maximum absolute atomic E-state index is 13.8. The molecular formula is C24H28N4O2S. The number of thiophene rings is 1. The van der Waals surface area contributed by atoms with Crippen molar-refractivity contribution in [1.82, 2.24) is 15.1 Å². The summed E-state index contributed by atoms with van der Waals surface area (Å²) < 4.78 is 1.69. The van der Waals surface area contributed by atoms with Crippen LogP contribution >= 0.6 is 11.3 Å². The van der Waals surface area contributed by atoms with Crippen LogP contribution in [-0.4, -0.2) is 32.7 Å². The summed E-state index contributed by atoms with van der Waals surface area (Å²) in [5, 5.41) is 9.75. The molecule has 0 saturated carbocycles. The third kappa shape index (κ3) is 3.78. The standard InChI is InChI=1S/C24H28N4O2S/c1-6-16-10-7-8-11-18(16)28-21(29)19-14-17(20-12-9-13-31-20)26-27(19)15-24(28,5)22(30)25-23(2,3)4/h7-14H,6,15H2,1-5H3,(H,25,30)/t24-/m1/s1. The van der Waals surface area contributed by atoms with Gasteiger partial charge < -0.3 is 5.32 Å². The molecule has 0 fully saturated rings. The molecule has 7 heteroatoms. The topological polar surface area (TPSA) is 67.2 Å². The molecule has 162 valence electrons. The number of benzene rings is 1. The normalized spacial score (nSPS) is 18.7. The summed E-state index contributed by atoms with van der Waals surface area (Å²) in [6.45, 7) is 9.98. The molecule has 1 aliphatic heterocycles. The van der Waals surface area contributed by atoms with Crippen LogP contribution in [-0.2, 0) is 17.8 Å². The Balaban J connectivity index is 1.87. The van der Waals surface area contributed by atoms with Crippen molar-refractivity contribution in [2.75, 3.05) is 4.90 Å². The Morgan fingerprint density at radius 3 is 2.61 bits per heavy atom. The fraction of sp³-hybridized carbons (Fsp3) is 0.375. The summed E-state index contributed by atoms with van der Waals surface area (Å²) in [5.41, 5.74) is 1.49. The van der Waals surface area contributed by atoms with Crippen molar-refractivity contribution >= 4 is 28.8 Å². The van der Waals surface area contributed by atoms with Crippen molar-refractivity contribution in [1.29, 1.82) is 0 Å². The van der Waals surface area contributed by atoms with Crippen LogP contribution in [0.15, 0.2) is 47.8 Å². The number of fused-ring (bicyclic) bond motifs is 1. The van der Waals surface area contributed by atoms with E-state index >= 15 is 0 Å². The van der Waals surface area contributed by atoms with Gasteiger partial charge in [0.05, 0.1) is 11.4 Å². The smallest absolute Gasteiger partial charge is 0.277 e. The first-order valence-corrected chi connectivity index (χ1v) is 11.4. The van der Waals surface area contributed by atoms with Crippen molar-refractivity contribution in [3.8, 4) is 10.6 Å². The second-order valence-corrected chi connectivity index (χ2v) is 10.1. The van der Waals surface area contributed by atoms with E-state index in [2.05, 4.69) is 17.3 Å². The van der Waals surface area contributed by atoms with Crippen LogP contribution in [0.3, 0.4) is 0 Å². The van der Waals surface area contributed by atoms with Gasteiger partial charge in [-0.05, 0) is 63.3 Å². The number of nitrogens with zero attached hydrogens (tertiary/aromatic N) is 3. The summed E-state index contributed by atoms with van der Waals surface area (Å²) in [7, 11) is 0. The largest absolute Gasteiger partial charge is 0.349 e. The molecule has 1 aromatic carbocycles. The minimum atomic E-state index is -1.12. The highest BCUT2D eigenvalue weighted by Crippen LogP contribution is 2.36. The number of hydrogen-bond donors (Lipinski definition) is 1. The molecule has 1 N–H and O–H groups in total. The van der Waals surface area contributed by atoms with Crippen LogP contribution in [0.2, 0.25) is 0 Å². The average molecular weight is 437 g/mol. The van der Waals surface area contributed by atoms with Crippen molar-refractivity contribution in [2.24, 2.45) is 0 Å². The van der Waals surface area contributed by atoms with Crippen LogP contribution in [0, 0.1) is 0 Å². The first kappa shape index (κ1) is 21.3. The minimum Gasteiger partial charge on any atom is -0.349 e. The van der Waals surface area contributed by atoms with Gasteiger partial charge in [0.25, 0.3) is 5.91 Å². The van der Waals surface area contributed by atoms with E-state index in [0.29, 0.717) is 5.69 Å². The minimum absolute atomic E-state index is 0.196. The molecule has 0 unspecified atom stereocenters. The fourth-order valence-electron chi connectivity index (χ4n) is 4.01. The molecule has 4 rings (SSSR count). The number of carbonyl (C=O) groups is 2. The zero-order valence-electron chi connectivity index (χ0n) is 18.6. The Hall–Kier alpha value is -2.93. The van der Waals surface area contributed by atoms with Gasteiger partial charge in [0.15, 0.2) is 0 Å². The number of aromatic nitrogens is 2. The lowest BCUT2D eigenvalue weighted by Gasteiger charge is -2.44. The first-order chi connectivity index (χ1) is 14.6. The van der Waals surface area contributed by atoms with E-state index in [0.717, 1.165) is 28.2 Å². The Bertz CT molecular complexity index is 1130. The summed E-state index contributed by atoms with van der Waals surface area (Å²) in [6.07, 6.45) is 0.761. The molecule has 0 bridgehead atoms. The van der Waals surface area contributed by atoms with Gasteiger partial charge in [-0.15, -0.1) is 11.3 Å². The maximum atomic E-state index is 13.8. The summed E-state index contributed by atoms with van der Waals surface area (Å²) >= 11 is 1.58. The molecule has 6 nitrogen and oxygen atoms in total. The zero-order valence-corrected chi connectivity index (χ0v) is 19.4. The van der Waals surface area contributed by atoms with Gasteiger partial charge in [-0.3, -0.25) is 19.2 Å². The lowest BCUT2D eigenvalue weighted by Crippen LogP contribution is -2.66. The molecule has 1 atom stereocenters. The Morgan fingerprint density at radius 1 is 1.23 bits per heavy atom. The van der Waals surface area contributed by atoms with Crippen molar-refractivity contribution in [2.45, 2.75) is 58.7 Å². The van der Waals surface area contributed by atoms with Crippen LogP contribution in [0.4, 0.5) is 5.69 Å². The second-order valence-electron chi connectivity index (χ2n) is 9.15. The predicted molar refractivity (Wildman–Crippen MR) is 124 cm³/mol. The van der Waals surface area contributed by atoms with Gasteiger partial charge in [0.2, 0.25) is 5.91 Å². The van der Waals surface area contributed by atoms with E-state index in [1.807, 2.05) is 75.5 Å². The van der Waals surface area contributed by atoms with Crippen LogP contribution in [0.25, 0.3) is 10.6 Å². The van der Waals surface area contributed by atoms with Crippen LogP contribution < -0.4 is 10.2 Å². The summed E-state index contributed by atoms with van der Waals surface area (Å²) in [5.74, 6) is -0.410. The Kier molecular flexibility index (Phi) is 5.25. The lowest BCUT2D eigenvalue weighted by atomic mass is 9.91. The van der Waals surface area contributed by atoms with Gasteiger partial charge in [0, 0.05) is 11.2 Å². The summed E-state index contributed by atoms with van der Waals surface area (Å²) in [6, 6.07) is 13.6. The molecule has 2 amide bonds. The molecule has 0 spiro atoms. The highest BCUT2D eigenvalue weighted by Gasteiger charge is 2.50. The van der Waals surface area contributed by atoms with Gasteiger partial charge in [-0.2, -0.15) is 5.10 Å².